The number of hydrogen-bond acceptors (Lipinski definition) is 5. The van der Waals surface area contributed by atoms with Crippen molar-refractivity contribution in [1.29, 1.82) is 0 Å². The molecule has 8 heteroatoms. The number of piperidine rings is 1. The van der Waals surface area contributed by atoms with Gasteiger partial charge in [0.1, 0.15) is 0 Å². The largest absolute Gasteiger partial charge is 0.369 e. The number of aliphatic imine (C=N–C) groups is 1. The van der Waals surface area contributed by atoms with Gasteiger partial charge in [-0.05, 0) is 38.8 Å². The van der Waals surface area contributed by atoms with E-state index in [1.165, 1.54) is 17.7 Å². The number of guanidine groups is 1. The van der Waals surface area contributed by atoms with E-state index >= 15 is 0 Å². The third-order valence-electron chi connectivity index (χ3n) is 5.10. The number of nitrogens with one attached hydrogen (secondary N) is 2. The Bertz CT molecular complexity index is 789. The first-order chi connectivity index (χ1) is 14.0. The molecule has 7 nitrogen and oxygen atoms in total. The molecule has 1 saturated heterocycles. The Kier molecular flexibility index (Phi) is 9.87. The van der Waals surface area contributed by atoms with Crippen molar-refractivity contribution in [2.24, 2.45) is 4.99 Å². The van der Waals surface area contributed by atoms with Gasteiger partial charge in [-0.2, -0.15) is 4.98 Å². The van der Waals surface area contributed by atoms with Crippen LogP contribution in [0.5, 0.6) is 0 Å². The maximum Gasteiger partial charge on any atom is 0.228 e. The summed E-state index contributed by atoms with van der Waals surface area (Å²) in [4.78, 5) is 11.6. The molecule has 30 heavy (non-hydrogen) atoms. The molecule has 0 aliphatic carbocycles. The number of aromatic nitrogens is 2. The molecular weight excluding hydrogens is 491 g/mol. The number of benzene rings is 1. The normalized spacial score (nSPS) is 17.0. The molecule has 3 rings (SSSR count). The maximum absolute atomic E-state index is 5.31. The van der Waals surface area contributed by atoms with Gasteiger partial charge >= 0.3 is 0 Å². The second kappa shape index (κ2) is 12.1. The van der Waals surface area contributed by atoms with Crippen LogP contribution in [0.3, 0.4) is 0 Å². The van der Waals surface area contributed by atoms with Gasteiger partial charge in [0.25, 0.3) is 0 Å². The van der Waals surface area contributed by atoms with Crippen LogP contribution in [0.1, 0.15) is 56.8 Å². The van der Waals surface area contributed by atoms with Crippen LogP contribution < -0.4 is 15.5 Å². The van der Waals surface area contributed by atoms with Crippen molar-refractivity contribution in [2.75, 3.05) is 31.1 Å². The van der Waals surface area contributed by atoms with E-state index in [2.05, 4.69) is 77.6 Å². The zero-order chi connectivity index (χ0) is 20.6. The maximum atomic E-state index is 5.31. The van der Waals surface area contributed by atoms with Crippen LogP contribution in [0.25, 0.3) is 0 Å². The predicted octanol–water partition coefficient (Wildman–Crippen LogP) is 3.89. The Labute approximate surface area is 197 Å². The first kappa shape index (κ1) is 24.4. The molecular formula is C22H35IN6O. The predicted molar refractivity (Wildman–Crippen MR) is 133 cm³/mol. The fourth-order valence-electron chi connectivity index (χ4n) is 3.47. The minimum atomic E-state index is 0. The molecule has 0 radical (unpaired) electrons. The van der Waals surface area contributed by atoms with Crippen molar-refractivity contribution in [1.82, 2.24) is 20.8 Å². The van der Waals surface area contributed by atoms with Crippen LogP contribution >= 0.6 is 24.0 Å². The third-order valence-corrected chi connectivity index (χ3v) is 5.10. The summed E-state index contributed by atoms with van der Waals surface area (Å²) in [6, 6.07) is 9.17. The summed E-state index contributed by atoms with van der Waals surface area (Å²) in [5.41, 5.74) is 2.59. The van der Waals surface area contributed by atoms with Crippen LogP contribution in [0.15, 0.2) is 33.8 Å². The fourth-order valence-corrected chi connectivity index (χ4v) is 3.47. The third kappa shape index (κ3) is 7.14. The van der Waals surface area contributed by atoms with Gasteiger partial charge in [-0.1, -0.05) is 36.7 Å². The highest BCUT2D eigenvalue weighted by Gasteiger charge is 2.21. The van der Waals surface area contributed by atoms with Crippen LogP contribution in [0.2, 0.25) is 0 Å². The Balaban J connectivity index is 0.00000320. The van der Waals surface area contributed by atoms with E-state index in [0.29, 0.717) is 24.9 Å². The minimum Gasteiger partial charge on any atom is -0.369 e. The lowest BCUT2D eigenvalue weighted by atomic mass is 10.0. The average Bonchev–Trinajstić information content (AvgIpc) is 3.18. The second-order valence-corrected chi connectivity index (χ2v) is 7.98. The zero-order valence-corrected chi connectivity index (χ0v) is 20.8. The lowest BCUT2D eigenvalue weighted by Gasteiger charge is -2.35. The molecule has 1 aromatic carbocycles. The van der Waals surface area contributed by atoms with E-state index in [4.69, 9.17) is 9.52 Å². The topological polar surface area (TPSA) is 78.6 Å². The number of anilines is 1. The van der Waals surface area contributed by atoms with E-state index in [0.717, 1.165) is 37.8 Å². The highest BCUT2D eigenvalue weighted by molar-refractivity contribution is 14.0. The molecule has 1 aliphatic heterocycles. The van der Waals surface area contributed by atoms with Gasteiger partial charge in [0.2, 0.25) is 5.89 Å². The summed E-state index contributed by atoms with van der Waals surface area (Å²) >= 11 is 0. The van der Waals surface area contributed by atoms with Gasteiger partial charge in [0, 0.05) is 43.7 Å². The lowest BCUT2D eigenvalue weighted by Crippen LogP contribution is -2.51. The monoisotopic (exact) mass is 526 g/mol. The Morgan fingerprint density at radius 2 is 2.07 bits per heavy atom. The molecule has 0 spiro atoms. The van der Waals surface area contributed by atoms with Crippen LogP contribution in [-0.2, 0) is 6.42 Å². The summed E-state index contributed by atoms with van der Waals surface area (Å²) in [5.74, 6) is 2.54. The molecule has 1 aromatic heterocycles. The van der Waals surface area contributed by atoms with Gasteiger partial charge in [-0.3, -0.25) is 4.99 Å². The molecule has 166 valence electrons. The summed E-state index contributed by atoms with van der Waals surface area (Å²) in [7, 11) is 0. The summed E-state index contributed by atoms with van der Waals surface area (Å²) in [6.07, 6.45) is 2.97. The van der Waals surface area contributed by atoms with Crippen LogP contribution in [0.4, 0.5) is 5.69 Å². The lowest BCUT2D eigenvalue weighted by molar-refractivity contribution is 0.372. The van der Waals surface area contributed by atoms with Crippen molar-refractivity contribution in [2.45, 2.75) is 58.9 Å². The number of halogens is 1. The van der Waals surface area contributed by atoms with Crippen LogP contribution in [0, 0.1) is 6.92 Å². The molecule has 0 saturated carbocycles. The first-order valence-electron chi connectivity index (χ1n) is 10.7. The number of nitrogens with zero attached hydrogens (tertiary/aromatic N) is 4. The molecule has 1 aliphatic rings. The van der Waals surface area contributed by atoms with Crippen molar-refractivity contribution < 1.29 is 4.52 Å². The standard InChI is InChI=1S/C22H34N6O.HI/c1-5-23-22(24-13-12-20-26-21(16(2)3)27-29-20)25-18-7-6-14-28(15-18)19-10-8-17(4)9-11-19;/h8-11,16,18H,5-7,12-15H2,1-4H3,(H2,23,24,25);1H. The SMILES string of the molecule is CCNC(=NCCc1nc(C(C)C)no1)NC1CCCN(c2ccc(C)cc2)C1.I. The molecule has 1 unspecified atom stereocenters. The molecule has 0 amide bonds. The minimum absolute atomic E-state index is 0. The second-order valence-electron chi connectivity index (χ2n) is 7.98. The average molecular weight is 526 g/mol. The summed E-state index contributed by atoms with van der Waals surface area (Å²) in [5, 5.41) is 11.0. The first-order valence-corrected chi connectivity index (χ1v) is 10.7. The van der Waals surface area contributed by atoms with E-state index in [1.54, 1.807) is 0 Å². The zero-order valence-electron chi connectivity index (χ0n) is 18.5. The molecule has 2 N–H and O–H groups in total. The molecule has 2 heterocycles. The van der Waals surface area contributed by atoms with Gasteiger partial charge < -0.3 is 20.1 Å². The summed E-state index contributed by atoms with van der Waals surface area (Å²) < 4.78 is 5.31. The number of rotatable bonds is 7. The molecule has 0 bridgehead atoms. The van der Waals surface area contributed by atoms with Crippen molar-refractivity contribution in [3.8, 4) is 0 Å². The highest BCUT2D eigenvalue weighted by Crippen LogP contribution is 2.20. The Morgan fingerprint density at radius 1 is 1.30 bits per heavy atom. The number of hydrogen-bond donors (Lipinski definition) is 2. The van der Waals surface area contributed by atoms with Crippen molar-refractivity contribution >= 4 is 35.6 Å². The molecule has 2 aromatic rings. The van der Waals surface area contributed by atoms with Gasteiger partial charge in [-0.15, -0.1) is 24.0 Å². The Morgan fingerprint density at radius 3 is 2.73 bits per heavy atom. The molecule has 1 fully saturated rings. The summed E-state index contributed by atoms with van der Waals surface area (Å²) in [6.45, 7) is 11.9. The van der Waals surface area contributed by atoms with Crippen molar-refractivity contribution in [3.05, 3.63) is 41.5 Å². The fraction of sp³-hybridized carbons (Fsp3) is 0.591. The van der Waals surface area contributed by atoms with Gasteiger partial charge in [-0.25, -0.2) is 0 Å². The highest BCUT2D eigenvalue weighted by atomic mass is 127. The van der Waals surface area contributed by atoms with E-state index in [9.17, 15) is 0 Å². The van der Waals surface area contributed by atoms with Crippen LogP contribution in [-0.4, -0.2) is 48.3 Å². The van der Waals surface area contributed by atoms with E-state index in [1.807, 2.05) is 0 Å². The number of aryl methyl sites for hydroxylation is 1. The quantitative estimate of drug-likeness (QED) is 0.324. The van der Waals surface area contributed by atoms with Crippen molar-refractivity contribution in [3.63, 3.8) is 0 Å². The van der Waals surface area contributed by atoms with Gasteiger partial charge in [0.15, 0.2) is 11.8 Å². The van der Waals surface area contributed by atoms with E-state index < -0.39 is 0 Å². The van der Waals surface area contributed by atoms with Gasteiger partial charge in [0.05, 0.1) is 6.54 Å². The van der Waals surface area contributed by atoms with E-state index in [-0.39, 0.29) is 29.9 Å². The molecule has 1 atom stereocenters. The Hall–Kier alpha value is -1.84. The smallest absolute Gasteiger partial charge is 0.228 e.